The molecule has 0 aliphatic carbocycles. The fourth-order valence-corrected chi connectivity index (χ4v) is 1.44. The minimum Gasteiger partial charge on any atom is -0.0683 e. The van der Waals surface area contributed by atoms with Crippen molar-refractivity contribution in [3.63, 3.8) is 0 Å². The summed E-state index contributed by atoms with van der Waals surface area (Å²) in [4.78, 5) is 0. The molecule has 0 heteroatoms. The smallest absolute Gasteiger partial charge is 0.0305 e. The van der Waals surface area contributed by atoms with E-state index in [0.29, 0.717) is 5.41 Å². The average Bonchev–Trinajstić information content (AvgIpc) is 2.24. The highest BCUT2D eigenvalue weighted by atomic mass is 14.3. The van der Waals surface area contributed by atoms with Gasteiger partial charge in [0.1, 0.15) is 0 Å². The van der Waals surface area contributed by atoms with Gasteiger partial charge in [-0.2, -0.15) is 0 Å². The Labute approximate surface area is 93.5 Å². The maximum Gasteiger partial charge on any atom is -0.0305 e. The van der Waals surface area contributed by atoms with Crippen molar-refractivity contribution in [2.24, 2.45) is 11.3 Å². The maximum absolute atomic E-state index is 2.40. The molecular formula is C14H34. The molecule has 0 fully saturated rings. The molecule has 0 aromatic rings. The molecular weight excluding hydrogens is 168 g/mol. The first-order valence-corrected chi connectivity index (χ1v) is 6.56. The molecule has 90 valence electrons. The Bertz CT molecular complexity index is 84.0. The van der Waals surface area contributed by atoms with Gasteiger partial charge in [0, 0.05) is 0 Å². The molecule has 14 heavy (non-hydrogen) atoms. The lowest BCUT2D eigenvalue weighted by Gasteiger charge is -2.32. The second kappa shape index (κ2) is 13.0. The van der Waals surface area contributed by atoms with Crippen molar-refractivity contribution >= 4 is 0 Å². The molecule has 0 N–H and O–H groups in total. The molecule has 0 amide bonds. The van der Waals surface area contributed by atoms with Crippen LogP contribution < -0.4 is 0 Å². The second-order valence-corrected chi connectivity index (χ2v) is 3.91. The molecule has 0 aliphatic heterocycles. The molecule has 0 aromatic heterocycles. The molecule has 0 nitrogen and oxygen atoms in total. The number of hydrogen-bond acceptors (Lipinski definition) is 0. The van der Waals surface area contributed by atoms with E-state index in [1.807, 2.05) is 27.7 Å². The fourth-order valence-electron chi connectivity index (χ4n) is 1.44. The van der Waals surface area contributed by atoms with E-state index in [0.717, 1.165) is 5.92 Å². The van der Waals surface area contributed by atoms with Gasteiger partial charge in [-0.25, -0.2) is 0 Å². The van der Waals surface area contributed by atoms with E-state index >= 15 is 0 Å². The average molecular weight is 202 g/mol. The Balaban J connectivity index is -0.000000266. The molecule has 0 radical (unpaired) electrons. The first kappa shape index (κ1) is 19.6. The van der Waals surface area contributed by atoms with Gasteiger partial charge in [0.05, 0.1) is 0 Å². The lowest BCUT2D eigenvalue weighted by atomic mass is 9.74. The van der Waals surface area contributed by atoms with Crippen LogP contribution in [0.5, 0.6) is 0 Å². The van der Waals surface area contributed by atoms with E-state index in [-0.39, 0.29) is 0 Å². The van der Waals surface area contributed by atoms with Crippen LogP contribution in [-0.4, -0.2) is 0 Å². The lowest BCUT2D eigenvalue weighted by Crippen LogP contribution is -2.21. The molecule has 0 rings (SSSR count). The van der Waals surface area contributed by atoms with Crippen LogP contribution in [0, 0.1) is 11.3 Å². The van der Waals surface area contributed by atoms with E-state index in [2.05, 4.69) is 34.6 Å². The zero-order chi connectivity index (χ0) is 12.2. The second-order valence-electron chi connectivity index (χ2n) is 3.91. The van der Waals surface area contributed by atoms with Gasteiger partial charge in [-0.1, -0.05) is 75.2 Å². The molecule has 0 bridgehead atoms. The van der Waals surface area contributed by atoms with Gasteiger partial charge in [0.25, 0.3) is 0 Å². The fraction of sp³-hybridized carbons (Fsp3) is 1.00. The third-order valence-corrected chi connectivity index (χ3v) is 3.02. The van der Waals surface area contributed by atoms with Gasteiger partial charge in [0.2, 0.25) is 0 Å². The van der Waals surface area contributed by atoms with Gasteiger partial charge < -0.3 is 0 Å². The van der Waals surface area contributed by atoms with Crippen molar-refractivity contribution in [3.8, 4) is 0 Å². The minimum absolute atomic E-state index is 0.592. The quantitative estimate of drug-likeness (QED) is 0.531. The Morgan fingerprint density at radius 1 is 0.929 bits per heavy atom. The molecule has 1 unspecified atom stereocenters. The van der Waals surface area contributed by atoms with Gasteiger partial charge >= 0.3 is 0 Å². The van der Waals surface area contributed by atoms with Gasteiger partial charge in [-0.3, -0.25) is 0 Å². The highest BCUT2D eigenvalue weighted by Crippen LogP contribution is 2.35. The summed E-state index contributed by atoms with van der Waals surface area (Å²) in [6.45, 7) is 19.6. The van der Waals surface area contributed by atoms with Crippen LogP contribution in [0.3, 0.4) is 0 Å². The Morgan fingerprint density at radius 3 is 1.36 bits per heavy atom. The molecule has 0 heterocycles. The monoisotopic (exact) mass is 202 g/mol. The van der Waals surface area contributed by atoms with E-state index < -0.39 is 0 Å². The van der Waals surface area contributed by atoms with E-state index in [1.165, 1.54) is 19.3 Å². The molecule has 0 saturated heterocycles. The highest BCUT2D eigenvalue weighted by molar-refractivity contribution is 4.75. The van der Waals surface area contributed by atoms with Crippen LogP contribution in [-0.2, 0) is 0 Å². The first-order chi connectivity index (χ1) is 6.56. The molecule has 0 saturated carbocycles. The molecule has 0 spiro atoms. The topological polar surface area (TPSA) is 0 Å². The van der Waals surface area contributed by atoms with Crippen molar-refractivity contribution in [3.05, 3.63) is 0 Å². The van der Waals surface area contributed by atoms with Crippen LogP contribution in [0.15, 0.2) is 0 Å². The largest absolute Gasteiger partial charge is 0.0683 e. The summed E-state index contributed by atoms with van der Waals surface area (Å²) in [5.74, 6) is 0.831. The Hall–Kier alpha value is 0. The summed E-state index contributed by atoms with van der Waals surface area (Å²) in [5, 5.41) is 0. The zero-order valence-electron chi connectivity index (χ0n) is 12.2. The minimum atomic E-state index is 0.592. The van der Waals surface area contributed by atoms with Crippen LogP contribution in [0.25, 0.3) is 0 Å². The van der Waals surface area contributed by atoms with Gasteiger partial charge in [-0.05, 0) is 17.8 Å². The predicted molar refractivity (Wildman–Crippen MR) is 70.8 cm³/mol. The van der Waals surface area contributed by atoms with Gasteiger partial charge in [-0.15, -0.1) is 0 Å². The van der Waals surface area contributed by atoms with Crippen LogP contribution in [0.4, 0.5) is 0 Å². The number of rotatable bonds is 4. The van der Waals surface area contributed by atoms with Crippen molar-refractivity contribution in [1.82, 2.24) is 0 Å². The van der Waals surface area contributed by atoms with E-state index in [4.69, 9.17) is 0 Å². The summed E-state index contributed by atoms with van der Waals surface area (Å²) in [6.07, 6.45) is 4.02. The van der Waals surface area contributed by atoms with Gasteiger partial charge in [0.15, 0.2) is 0 Å². The molecule has 0 aliphatic rings. The lowest BCUT2D eigenvalue weighted by molar-refractivity contribution is 0.188. The first-order valence-electron chi connectivity index (χ1n) is 6.56. The van der Waals surface area contributed by atoms with E-state index in [1.54, 1.807) is 0 Å². The standard InChI is InChI=1S/C10H22.2C2H6/c1-6-8-10(5,7-2)9(3)4;2*1-2/h9H,6-8H2,1-5H3;2*1-2H3. The number of hydrogen-bond donors (Lipinski definition) is 0. The Morgan fingerprint density at radius 2 is 1.29 bits per heavy atom. The van der Waals surface area contributed by atoms with Crippen molar-refractivity contribution < 1.29 is 0 Å². The third kappa shape index (κ3) is 8.59. The van der Waals surface area contributed by atoms with Crippen LogP contribution >= 0.6 is 0 Å². The summed E-state index contributed by atoms with van der Waals surface area (Å²) in [7, 11) is 0. The zero-order valence-corrected chi connectivity index (χ0v) is 12.2. The summed E-state index contributed by atoms with van der Waals surface area (Å²) in [6, 6.07) is 0. The Kier molecular flexibility index (Phi) is 18.2. The summed E-state index contributed by atoms with van der Waals surface area (Å²) >= 11 is 0. The van der Waals surface area contributed by atoms with Crippen molar-refractivity contribution in [2.45, 2.75) is 81.6 Å². The normalized spacial score (nSPS) is 13.3. The molecule has 1 atom stereocenters. The predicted octanol–water partition coefficient (Wildman–Crippen LogP) is 5.91. The SMILES string of the molecule is CC.CC.CCCC(C)(CC)C(C)C. The maximum atomic E-state index is 2.40. The van der Waals surface area contributed by atoms with E-state index in [9.17, 15) is 0 Å². The summed E-state index contributed by atoms with van der Waals surface area (Å²) in [5.41, 5.74) is 0.592. The summed E-state index contributed by atoms with van der Waals surface area (Å²) < 4.78 is 0. The third-order valence-electron chi connectivity index (χ3n) is 3.02. The highest BCUT2D eigenvalue weighted by Gasteiger charge is 2.24. The van der Waals surface area contributed by atoms with Crippen molar-refractivity contribution in [2.75, 3.05) is 0 Å². The van der Waals surface area contributed by atoms with Crippen LogP contribution in [0.1, 0.15) is 81.6 Å². The van der Waals surface area contributed by atoms with Crippen LogP contribution in [0.2, 0.25) is 0 Å². The molecule has 0 aromatic carbocycles. The van der Waals surface area contributed by atoms with Crippen molar-refractivity contribution in [1.29, 1.82) is 0 Å².